The second kappa shape index (κ2) is 4.27. The summed E-state index contributed by atoms with van der Waals surface area (Å²) in [7, 11) is 0. The molecule has 0 fully saturated rings. The van der Waals surface area contributed by atoms with Gasteiger partial charge in [-0.15, -0.1) is 0 Å². The number of hydrogen-bond acceptors (Lipinski definition) is 3. The molecule has 1 unspecified atom stereocenters. The zero-order valence-electron chi connectivity index (χ0n) is 9.07. The van der Waals surface area contributed by atoms with E-state index in [1.807, 2.05) is 6.07 Å². The minimum atomic E-state index is -4.40. The number of pyridine rings is 1. The van der Waals surface area contributed by atoms with Gasteiger partial charge in [0, 0.05) is 23.3 Å². The van der Waals surface area contributed by atoms with Gasteiger partial charge in [-0.05, 0) is 17.5 Å². The van der Waals surface area contributed by atoms with Crippen LogP contribution in [0.15, 0.2) is 30.6 Å². The fraction of sp³-hybridized carbons (Fsp3) is 0.167. The third-order valence-corrected chi connectivity index (χ3v) is 2.59. The van der Waals surface area contributed by atoms with E-state index < -0.39 is 17.8 Å². The number of aromatic nitrogens is 1. The lowest BCUT2D eigenvalue weighted by atomic mass is 10.0. The fourth-order valence-electron chi connectivity index (χ4n) is 1.69. The number of alkyl halides is 3. The largest absolute Gasteiger partial charge is 0.416 e. The van der Waals surface area contributed by atoms with Crippen molar-refractivity contribution in [1.82, 2.24) is 4.98 Å². The Morgan fingerprint density at radius 3 is 2.61 bits per heavy atom. The van der Waals surface area contributed by atoms with Crippen molar-refractivity contribution in [3.63, 3.8) is 0 Å². The smallest absolute Gasteiger partial charge is 0.312 e. The van der Waals surface area contributed by atoms with Crippen molar-refractivity contribution in [3.05, 3.63) is 41.7 Å². The van der Waals surface area contributed by atoms with Gasteiger partial charge in [0.1, 0.15) is 6.04 Å². The summed E-state index contributed by atoms with van der Waals surface area (Å²) >= 11 is 0. The van der Waals surface area contributed by atoms with Crippen LogP contribution in [0, 0.1) is 11.3 Å². The summed E-state index contributed by atoms with van der Waals surface area (Å²) in [5.41, 5.74) is 5.23. The third kappa shape index (κ3) is 2.13. The van der Waals surface area contributed by atoms with Gasteiger partial charge in [-0.25, -0.2) is 0 Å². The highest BCUT2D eigenvalue weighted by Gasteiger charge is 2.30. The molecular weight excluding hydrogens is 243 g/mol. The maximum absolute atomic E-state index is 12.5. The van der Waals surface area contributed by atoms with Crippen molar-refractivity contribution in [2.75, 3.05) is 0 Å². The minimum absolute atomic E-state index is 0.313. The molecule has 92 valence electrons. The summed E-state index contributed by atoms with van der Waals surface area (Å²) in [6.45, 7) is 0. The molecule has 0 aliphatic rings. The van der Waals surface area contributed by atoms with Crippen molar-refractivity contribution in [2.24, 2.45) is 5.73 Å². The molecule has 2 N–H and O–H groups in total. The molecule has 0 aliphatic heterocycles. The summed E-state index contributed by atoms with van der Waals surface area (Å²) in [5.74, 6) is 0. The first-order chi connectivity index (χ1) is 8.43. The minimum Gasteiger partial charge on any atom is -0.312 e. The first-order valence-corrected chi connectivity index (χ1v) is 5.03. The lowest BCUT2D eigenvalue weighted by Crippen LogP contribution is -2.09. The molecule has 1 aromatic carbocycles. The number of benzene rings is 1. The number of halogens is 3. The molecule has 2 rings (SSSR count). The van der Waals surface area contributed by atoms with Gasteiger partial charge in [0.05, 0.1) is 11.6 Å². The monoisotopic (exact) mass is 251 g/mol. The molecule has 0 aliphatic carbocycles. The van der Waals surface area contributed by atoms with Crippen molar-refractivity contribution in [2.45, 2.75) is 12.2 Å². The van der Waals surface area contributed by atoms with Gasteiger partial charge in [0.25, 0.3) is 0 Å². The number of nitriles is 1. The molecule has 18 heavy (non-hydrogen) atoms. The molecule has 2 aromatic rings. The van der Waals surface area contributed by atoms with E-state index in [9.17, 15) is 13.2 Å². The van der Waals surface area contributed by atoms with E-state index in [1.54, 1.807) is 0 Å². The van der Waals surface area contributed by atoms with Crippen molar-refractivity contribution in [1.29, 1.82) is 5.26 Å². The van der Waals surface area contributed by atoms with Gasteiger partial charge >= 0.3 is 6.18 Å². The molecular formula is C12H8F3N3. The summed E-state index contributed by atoms with van der Waals surface area (Å²) in [5, 5.41) is 9.57. The second-order valence-corrected chi connectivity index (χ2v) is 3.77. The molecule has 6 heteroatoms. The standard InChI is InChI=1S/C12H8F3N3/c13-12(14,15)8-1-2-9-7(3-8)5-18-6-10(9)11(17)4-16/h1-3,5-6,11H,17H2. The highest BCUT2D eigenvalue weighted by atomic mass is 19.4. The van der Waals surface area contributed by atoms with Crippen LogP contribution >= 0.6 is 0 Å². The highest BCUT2D eigenvalue weighted by molar-refractivity contribution is 5.86. The Morgan fingerprint density at radius 1 is 1.28 bits per heavy atom. The average molecular weight is 251 g/mol. The van der Waals surface area contributed by atoms with Crippen molar-refractivity contribution < 1.29 is 13.2 Å². The second-order valence-electron chi connectivity index (χ2n) is 3.77. The number of nitrogens with two attached hydrogens (primary N) is 1. The zero-order chi connectivity index (χ0) is 13.3. The highest BCUT2D eigenvalue weighted by Crippen LogP contribution is 2.32. The molecule has 1 heterocycles. The lowest BCUT2D eigenvalue weighted by molar-refractivity contribution is -0.137. The Morgan fingerprint density at radius 2 is 2.00 bits per heavy atom. The third-order valence-electron chi connectivity index (χ3n) is 2.59. The Balaban J connectivity index is 2.65. The predicted molar refractivity (Wildman–Crippen MR) is 59.3 cm³/mol. The maximum atomic E-state index is 12.5. The van der Waals surface area contributed by atoms with E-state index in [4.69, 9.17) is 11.0 Å². The van der Waals surface area contributed by atoms with Crippen LogP contribution in [0.3, 0.4) is 0 Å². The zero-order valence-corrected chi connectivity index (χ0v) is 9.07. The lowest BCUT2D eigenvalue weighted by Gasteiger charge is -2.10. The first-order valence-electron chi connectivity index (χ1n) is 5.03. The van der Waals surface area contributed by atoms with Gasteiger partial charge in [-0.2, -0.15) is 18.4 Å². The Hall–Kier alpha value is -2.13. The molecule has 0 saturated heterocycles. The predicted octanol–water partition coefficient (Wildman–Crippen LogP) is 2.78. The van der Waals surface area contributed by atoms with Gasteiger partial charge in [-0.3, -0.25) is 4.98 Å². The number of fused-ring (bicyclic) bond motifs is 1. The van der Waals surface area contributed by atoms with E-state index in [2.05, 4.69) is 4.98 Å². The molecule has 0 amide bonds. The Bertz CT molecular complexity index is 628. The first kappa shape index (κ1) is 12.3. The maximum Gasteiger partial charge on any atom is 0.416 e. The van der Waals surface area contributed by atoms with Gasteiger partial charge in [0.15, 0.2) is 0 Å². The number of hydrogen-bond donors (Lipinski definition) is 1. The average Bonchev–Trinajstić information content (AvgIpc) is 2.35. The van der Waals surface area contributed by atoms with Crippen LogP contribution in [0.25, 0.3) is 10.8 Å². The molecule has 0 bridgehead atoms. The van der Waals surface area contributed by atoms with Crippen molar-refractivity contribution >= 4 is 10.8 Å². The van der Waals surface area contributed by atoms with Crippen LogP contribution < -0.4 is 5.73 Å². The Labute approximate surface area is 101 Å². The molecule has 3 nitrogen and oxygen atoms in total. The Kier molecular flexibility index (Phi) is 2.93. The number of rotatable bonds is 1. The van der Waals surface area contributed by atoms with Crippen LogP contribution in [0.1, 0.15) is 17.2 Å². The fourth-order valence-corrected chi connectivity index (χ4v) is 1.69. The quantitative estimate of drug-likeness (QED) is 0.847. The molecule has 1 atom stereocenters. The van der Waals surface area contributed by atoms with Crippen LogP contribution in [0.5, 0.6) is 0 Å². The van der Waals surface area contributed by atoms with Gasteiger partial charge in [0.2, 0.25) is 0 Å². The van der Waals surface area contributed by atoms with Gasteiger partial charge < -0.3 is 5.73 Å². The van der Waals surface area contributed by atoms with E-state index in [0.29, 0.717) is 16.3 Å². The summed E-state index contributed by atoms with van der Waals surface area (Å²) in [6, 6.07) is 4.21. The summed E-state index contributed by atoms with van der Waals surface area (Å²) < 4.78 is 37.6. The van der Waals surface area contributed by atoms with Crippen LogP contribution in [-0.4, -0.2) is 4.98 Å². The molecule has 1 aromatic heterocycles. The SMILES string of the molecule is N#CC(N)c1cncc2cc(C(F)(F)F)ccc12. The van der Waals surface area contributed by atoms with Crippen molar-refractivity contribution in [3.8, 4) is 6.07 Å². The summed E-state index contributed by atoms with van der Waals surface area (Å²) in [4.78, 5) is 3.81. The summed E-state index contributed by atoms with van der Waals surface area (Å²) in [6.07, 6.45) is -1.69. The van der Waals surface area contributed by atoms with Crippen LogP contribution in [-0.2, 0) is 6.18 Å². The van der Waals surface area contributed by atoms with Crippen LogP contribution in [0.2, 0.25) is 0 Å². The molecule has 0 radical (unpaired) electrons. The van der Waals surface area contributed by atoms with E-state index in [1.165, 1.54) is 18.5 Å². The number of nitrogens with zero attached hydrogens (tertiary/aromatic N) is 2. The van der Waals surface area contributed by atoms with E-state index in [0.717, 1.165) is 12.1 Å². The topological polar surface area (TPSA) is 62.7 Å². The van der Waals surface area contributed by atoms with E-state index >= 15 is 0 Å². The molecule has 0 saturated carbocycles. The van der Waals surface area contributed by atoms with E-state index in [-0.39, 0.29) is 0 Å². The van der Waals surface area contributed by atoms with Crippen LogP contribution in [0.4, 0.5) is 13.2 Å². The molecule has 0 spiro atoms. The normalized spacial score (nSPS) is 13.3. The van der Waals surface area contributed by atoms with Gasteiger partial charge in [-0.1, -0.05) is 6.07 Å².